The molecule has 0 bridgehead atoms. The quantitative estimate of drug-likeness (QED) is 0.605. The first-order valence-electron chi connectivity index (χ1n) is 4.78. The minimum absolute atomic E-state index is 0.139. The maximum absolute atomic E-state index is 10.5. The van der Waals surface area contributed by atoms with Crippen LogP contribution >= 0.6 is 0 Å². The molecule has 0 rings (SSSR count). The molecule has 1 N–H and O–H groups in total. The molecular weight excluding hydrogens is 176 g/mol. The van der Waals surface area contributed by atoms with E-state index in [1.807, 2.05) is 41.5 Å². The summed E-state index contributed by atoms with van der Waals surface area (Å²) in [6.07, 6.45) is 0. The van der Waals surface area contributed by atoms with Crippen molar-refractivity contribution in [1.82, 2.24) is 0 Å². The van der Waals surface area contributed by atoms with Gasteiger partial charge in [0.15, 0.2) is 0 Å². The number of Topliss-reactive ketones (excluding diaryl/α,β-unsaturated/α-hetero) is 1. The molecule has 0 aromatic rings. The number of ketones is 1. The van der Waals surface area contributed by atoms with Gasteiger partial charge in [0, 0.05) is 10.8 Å². The van der Waals surface area contributed by atoms with E-state index in [-0.39, 0.29) is 22.4 Å². The Labute approximate surface area is 88.0 Å². The fraction of sp³-hybridized carbons (Fsp3) is 0.750. The Morgan fingerprint density at radius 2 is 1.14 bits per heavy atom. The summed E-state index contributed by atoms with van der Waals surface area (Å²) in [6.45, 7) is 16.5. The Balaban J connectivity index is 0. The standard InChI is InChI=1S/2C6H12O/c2*1-5(7)6(2,3)4/h1-4H3;7H,1H2,2-4H3. The monoisotopic (exact) mass is 200 g/mol. The van der Waals surface area contributed by atoms with Gasteiger partial charge >= 0.3 is 0 Å². The molecule has 14 heavy (non-hydrogen) atoms. The van der Waals surface area contributed by atoms with Crippen molar-refractivity contribution in [2.24, 2.45) is 10.8 Å². The number of allylic oxidation sites excluding steroid dienone is 1. The largest absolute Gasteiger partial charge is 0.512 e. The van der Waals surface area contributed by atoms with E-state index in [0.29, 0.717) is 0 Å². The summed E-state index contributed by atoms with van der Waals surface area (Å²) in [5.74, 6) is 0.486. The summed E-state index contributed by atoms with van der Waals surface area (Å²) >= 11 is 0. The van der Waals surface area contributed by atoms with Gasteiger partial charge in [-0.15, -0.1) is 0 Å². The van der Waals surface area contributed by atoms with Crippen LogP contribution in [0.1, 0.15) is 48.5 Å². The number of aliphatic hydroxyl groups excluding tert-OH is 1. The first-order chi connectivity index (χ1) is 5.89. The van der Waals surface area contributed by atoms with Crippen LogP contribution in [0.25, 0.3) is 0 Å². The van der Waals surface area contributed by atoms with Gasteiger partial charge in [-0.1, -0.05) is 48.1 Å². The lowest BCUT2D eigenvalue weighted by Gasteiger charge is -2.14. The van der Waals surface area contributed by atoms with E-state index in [1.165, 1.54) is 0 Å². The van der Waals surface area contributed by atoms with Gasteiger partial charge in [-0.05, 0) is 6.92 Å². The number of carbonyl (C=O) groups excluding carboxylic acids is 1. The fourth-order valence-corrected chi connectivity index (χ4v) is 0. The average molecular weight is 200 g/mol. The molecule has 0 fully saturated rings. The van der Waals surface area contributed by atoms with Gasteiger partial charge in [0.25, 0.3) is 0 Å². The zero-order valence-corrected chi connectivity index (χ0v) is 10.6. The van der Waals surface area contributed by atoms with Crippen LogP contribution in [0.2, 0.25) is 0 Å². The number of aliphatic hydroxyl groups is 1. The van der Waals surface area contributed by atoms with E-state index in [2.05, 4.69) is 6.58 Å². The van der Waals surface area contributed by atoms with Crippen molar-refractivity contribution in [3.8, 4) is 0 Å². The van der Waals surface area contributed by atoms with E-state index in [1.54, 1.807) is 6.92 Å². The average Bonchev–Trinajstić information content (AvgIpc) is 1.83. The van der Waals surface area contributed by atoms with Crippen LogP contribution in [0.5, 0.6) is 0 Å². The highest BCUT2D eigenvalue weighted by molar-refractivity contribution is 5.80. The second-order valence-corrected chi connectivity index (χ2v) is 5.50. The Hall–Kier alpha value is -0.790. The van der Waals surface area contributed by atoms with Crippen LogP contribution in [0.3, 0.4) is 0 Å². The first kappa shape index (κ1) is 15.7. The minimum Gasteiger partial charge on any atom is -0.512 e. The number of hydrogen-bond donors (Lipinski definition) is 1. The van der Waals surface area contributed by atoms with Crippen molar-refractivity contribution in [1.29, 1.82) is 0 Å². The van der Waals surface area contributed by atoms with Crippen molar-refractivity contribution in [2.75, 3.05) is 0 Å². The highest BCUT2D eigenvalue weighted by Crippen LogP contribution is 2.19. The Morgan fingerprint density at radius 3 is 1.14 bits per heavy atom. The summed E-state index contributed by atoms with van der Waals surface area (Å²) in [7, 11) is 0. The van der Waals surface area contributed by atoms with Gasteiger partial charge in [0.05, 0.1) is 5.76 Å². The van der Waals surface area contributed by atoms with Crippen molar-refractivity contribution < 1.29 is 9.90 Å². The van der Waals surface area contributed by atoms with Crippen LogP contribution < -0.4 is 0 Å². The smallest absolute Gasteiger partial charge is 0.135 e. The molecule has 0 heterocycles. The maximum atomic E-state index is 10.5. The highest BCUT2D eigenvalue weighted by atomic mass is 16.3. The van der Waals surface area contributed by atoms with Crippen LogP contribution in [0, 0.1) is 10.8 Å². The van der Waals surface area contributed by atoms with Gasteiger partial charge in [-0.2, -0.15) is 0 Å². The molecule has 2 nitrogen and oxygen atoms in total. The fourth-order valence-electron chi connectivity index (χ4n) is 0. The van der Waals surface area contributed by atoms with Crippen molar-refractivity contribution in [2.45, 2.75) is 48.5 Å². The third-order valence-corrected chi connectivity index (χ3v) is 1.92. The highest BCUT2D eigenvalue weighted by Gasteiger charge is 2.14. The number of hydrogen-bond acceptors (Lipinski definition) is 2. The molecular formula is C12H24O2. The molecule has 0 aliphatic rings. The topological polar surface area (TPSA) is 37.3 Å². The van der Waals surface area contributed by atoms with Crippen LogP contribution in [0.4, 0.5) is 0 Å². The second-order valence-electron chi connectivity index (χ2n) is 5.50. The van der Waals surface area contributed by atoms with E-state index in [9.17, 15) is 4.79 Å². The molecule has 0 aliphatic heterocycles. The summed E-state index contributed by atoms with van der Waals surface area (Å²) in [6, 6.07) is 0. The molecule has 0 saturated carbocycles. The molecule has 0 aromatic carbocycles. The summed E-state index contributed by atoms with van der Waals surface area (Å²) < 4.78 is 0. The van der Waals surface area contributed by atoms with Gasteiger partial charge in [-0.3, -0.25) is 4.79 Å². The molecule has 0 radical (unpaired) electrons. The minimum atomic E-state index is -0.139. The second kappa shape index (κ2) is 5.18. The van der Waals surface area contributed by atoms with Gasteiger partial charge in [0.2, 0.25) is 0 Å². The third kappa shape index (κ3) is 9.30. The zero-order chi connectivity index (χ0) is 12.2. The predicted molar refractivity (Wildman–Crippen MR) is 61.4 cm³/mol. The summed E-state index contributed by atoms with van der Waals surface area (Å²) in [4.78, 5) is 10.5. The van der Waals surface area contributed by atoms with Gasteiger partial charge < -0.3 is 5.11 Å². The molecule has 84 valence electrons. The maximum Gasteiger partial charge on any atom is 0.135 e. The molecule has 0 aliphatic carbocycles. The summed E-state index contributed by atoms with van der Waals surface area (Å²) in [5.41, 5.74) is -0.278. The molecule has 0 aromatic heterocycles. The molecule has 0 saturated heterocycles. The van der Waals surface area contributed by atoms with E-state index < -0.39 is 0 Å². The van der Waals surface area contributed by atoms with E-state index >= 15 is 0 Å². The normalized spacial score (nSPS) is 11.4. The molecule has 0 spiro atoms. The van der Waals surface area contributed by atoms with Crippen LogP contribution in [0.15, 0.2) is 12.3 Å². The first-order valence-corrected chi connectivity index (χ1v) is 4.78. The molecule has 0 unspecified atom stereocenters. The van der Waals surface area contributed by atoms with Gasteiger partial charge in [0.1, 0.15) is 5.78 Å². The van der Waals surface area contributed by atoms with E-state index in [4.69, 9.17) is 5.11 Å². The lowest BCUT2D eigenvalue weighted by Crippen LogP contribution is -2.15. The van der Waals surface area contributed by atoms with Crippen LogP contribution in [-0.4, -0.2) is 10.9 Å². The predicted octanol–water partition coefficient (Wildman–Crippen LogP) is 3.73. The van der Waals surface area contributed by atoms with E-state index in [0.717, 1.165) is 0 Å². The molecule has 0 amide bonds. The molecule has 2 heteroatoms. The van der Waals surface area contributed by atoms with Crippen LogP contribution in [-0.2, 0) is 4.79 Å². The number of carbonyl (C=O) groups is 1. The Kier molecular flexibility index (Phi) is 5.80. The zero-order valence-electron chi connectivity index (χ0n) is 10.6. The van der Waals surface area contributed by atoms with Crippen molar-refractivity contribution in [3.63, 3.8) is 0 Å². The lowest BCUT2D eigenvalue weighted by molar-refractivity contribution is -0.124. The summed E-state index contributed by atoms with van der Waals surface area (Å²) in [5, 5.41) is 8.69. The SMILES string of the molecule is C=C(O)C(C)(C)C.CC(=O)C(C)(C)C. The lowest BCUT2D eigenvalue weighted by atomic mass is 9.92. The Morgan fingerprint density at radius 1 is 1.00 bits per heavy atom. The van der Waals surface area contributed by atoms with Crippen molar-refractivity contribution in [3.05, 3.63) is 12.3 Å². The number of rotatable bonds is 0. The third-order valence-electron chi connectivity index (χ3n) is 1.92. The van der Waals surface area contributed by atoms with Crippen molar-refractivity contribution >= 4 is 5.78 Å². The Bertz CT molecular complexity index is 177. The molecule has 0 atom stereocenters. The van der Waals surface area contributed by atoms with Gasteiger partial charge in [-0.25, -0.2) is 0 Å².